The lowest BCUT2D eigenvalue weighted by atomic mass is 9.89. The maximum Gasteiger partial charge on any atom is 0.171 e. The molecule has 1 N–H and O–H groups in total. The van der Waals surface area contributed by atoms with Gasteiger partial charge in [0.25, 0.3) is 0 Å². The van der Waals surface area contributed by atoms with Crippen LogP contribution in [0.3, 0.4) is 0 Å². The van der Waals surface area contributed by atoms with Crippen molar-refractivity contribution >= 4 is 27.4 Å². The van der Waals surface area contributed by atoms with Crippen LogP contribution in [0.2, 0.25) is 0 Å². The van der Waals surface area contributed by atoms with Gasteiger partial charge in [0, 0.05) is 43.5 Å². The number of aromatic nitrogens is 4. The Morgan fingerprint density at radius 3 is 3.03 bits per heavy atom. The Morgan fingerprint density at radius 2 is 2.20 bits per heavy atom. The number of hydrogen-bond donors (Lipinski definition) is 1. The minimum absolute atomic E-state index is 0.444. The van der Waals surface area contributed by atoms with E-state index in [2.05, 4.69) is 61.2 Å². The normalized spacial score (nSPS) is 21.2. The maximum absolute atomic E-state index is 5.01. The van der Waals surface area contributed by atoms with Crippen molar-refractivity contribution in [2.75, 3.05) is 18.4 Å². The van der Waals surface area contributed by atoms with Crippen LogP contribution in [0, 0.1) is 12.8 Å². The Bertz CT molecular complexity index is 982. The van der Waals surface area contributed by atoms with Gasteiger partial charge in [-0.1, -0.05) is 6.07 Å². The molecule has 0 spiro atoms. The van der Waals surface area contributed by atoms with E-state index in [1.807, 2.05) is 23.0 Å². The van der Waals surface area contributed by atoms with Crippen LogP contribution in [-0.4, -0.2) is 43.6 Å². The summed E-state index contributed by atoms with van der Waals surface area (Å²) in [5.41, 5.74) is 3.17. The summed E-state index contributed by atoms with van der Waals surface area (Å²) in [5, 5.41) is 8.06. The van der Waals surface area contributed by atoms with Gasteiger partial charge in [-0.3, -0.25) is 9.88 Å². The van der Waals surface area contributed by atoms with Gasteiger partial charge in [0.15, 0.2) is 5.65 Å². The molecule has 1 aliphatic carbocycles. The Morgan fingerprint density at radius 1 is 1.23 bits per heavy atom. The fourth-order valence-electron chi connectivity index (χ4n) is 4.62. The lowest BCUT2D eigenvalue weighted by Gasteiger charge is -2.39. The van der Waals surface area contributed by atoms with E-state index in [4.69, 9.17) is 4.98 Å². The maximum atomic E-state index is 5.01. The molecule has 2 radical (unpaired) electrons. The van der Waals surface area contributed by atoms with E-state index in [1.165, 1.54) is 38.6 Å². The molecule has 2 unspecified atom stereocenters. The third kappa shape index (κ3) is 4.23. The molecule has 7 heteroatoms. The van der Waals surface area contributed by atoms with Crippen molar-refractivity contribution in [3.05, 3.63) is 65.4 Å². The van der Waals surface area contributed by atoms with E-state index < -0.39 is 0 Å². The van der Waals surface area contributed by atoms with Crippen molar-refractivity contribution in [2.45, 2.75) is 50.6 Å². The molecule has 6 nitrogen and oxygen atoms in total. The highest BCUT2D eigenvalue weighted by Crippen LogP contribution is 2.32. The van der Waals surface area contributed by atoms with Crippen molar-refractivity contribution in [1.29, 1.82) is 0 Å². The molecule has 3 aromatic heterocycles. The number of nitrogens with zero attached hydrogens (tertiary/aromatic N) is 5. The highest BCUT2D eigenvalue weighted by atomic mass is 79.9. The van der Waals surface area contributed by atoms with Crippen molar-refractivity contribution < 1.29 is 0 Å². The summed E-state index contributed by atoms with van der Waals surface area (Å²) in [6.45, 7) is 2.97. The third-order valence-electron chi connectivity index (χ3n) is 6.20. The second-order valence-corrected chi connectivity index (χ2v) is 9.10. The number of pyridine rings is 1. The Balaban J connectivity index is 1.40. The summed E-state index contributed by atoms with van der Waals surface area (Å²) in [6.07, 6.45) is 16.5. The quantitative estimate of drug-likeness (QED) is 0.593. The number of fused-ring (bicyclic) bond motifs is 1. The summed E-state index contributed by atoms with van der Waals surface area (Å²) in [7, 11) is 0. The van der Waals surface area contributed by atoms with Crippen LogP contribution in [0.4, 0.5) is 5.82 Å². The molecule has 2 aliphatic rings. The molecule has 0 amide bonds. The van der Waals surface area contributed by atoms with E-state index >= 15 is 0 Å². The average molecular weight is 467 g/mol. The lowest BCUT2D eigenvalue weighted by Crippen LogP contribution is -2.43. The molecule has 0 aromatic carbocycles. The molecular formula is C23H27BrN6. The molecule has 1 saturated heterocycles. The van der Waals surface area contributed by atoms with Crippen LogP contribution in [0.15, 0.2) is 41.3 Å². The zero-order chi connectivity index (χ0) is 20.3. The van der Waals surface area contributed by atoms with Gasteiger partial charge in [-0.15, -0.1) is 0 Å². The van der Waals surface area contributed by atoms with E-state index in [1.54, 1.807) is 6.20 Å². The molecule has 0 bridgehead atoms. The molecule has 156 valence electrons. The fourth-order valence-corrected chi connectivity index (χ4v) is 4.97. The predicted molar refractivity (Wildman–Crippen MR) is 122 cm³/mol. The number of nitrogens with one attached hydrogen (secondary N) is 1. The van der Waals surface area contributed by atoms with Gasteiger partial charge in [-0.05, 0) is 79.1 Å². The summed E-state index contributed by atoms with van der Waals surface area (Å²) >= 11 is 3.63. The summed E-state index contributed by atoms with van der Waals surface area (Å²) in [4.78, 5) is 11.9. The van der Waals surface area contributed by atoms with Crippen LogP contribution in [0.5, 0.6) is 0 Å². The first-order chi connectivity index (χ1) is 14.8. The van der Waals surface area contributed by atoms with Gasteiger partial charge in [-0.25, -0.2) is 4.98 Å². The monoisotopic (exact) mass is 466 g/mol. The number of hydrogen-bond acceptors (Lipinski definition) is 5. The van der Waals surface area contributed by atoms with Gasteiger partial charge < -0.3 is 5.32 Å². The zero-order valence-corrected chi connectivity index (χ0v) is 18.6. The smallest absolute Gasteiger partial charge is 0.171 e. The van der Waals surface area contributed by atoms with Gasteiger partial charge >= 0.3 is 0 Å². The first kappa shape index (κ1) is 19.9. The topological polar surface area (TPSA) is 58.4 Å². The third-order valence-corrected chi connectivity index (χ3v) is 6.76. The number of anilines is 1. The standard InChI is InChI=1S/C23H27BrN6/c24-20-15-27-30-22(26-14-17-6-4-10-25-13-17)12-21(28-23(20)30)18-7-5-11-29(16-18)19-8-2-1-3-9-19/h2,4,6,9-10,12-13,15,18-19,26H,1,3,5,7-8,11,14,16H2. The van der Waals surface area contributed by atoms with E-state index in [9.17, 15) is 0 Å². The minimum atomic E-state index is 0.444. The van der Waals surface area contributed by atoms with Crippen molar-refractivity contribution in [2.24, 2.45) is 0 Å². The number of likely N-dealkylation sites (tertiary alicyclic amines) is 1. The molecule has 2 atom stereocenters. The first-order valence-corrected chi connectivity index (χ1v) is 11.6. The molecule has 30 heavy (non-hydrogen) atoms. The largest absolute Gasteiger partial charge is 0.366 e. The lowest BCUT2D eigenvalue weighted by molar-refractivity contribution is 0.154. The molecular weight excluding hydrogens is 440 g/mol. The zero-order valence-electron chi connectivity index (χ0n) is 17.0. The molecule has 1 aliphatic heterocycles. The Labute approximate surface area is 186 Å². The van der Waals surface area contributed by atoms with Crippen molar-refractivity contribution in [1.82, 2.24) is 24.5 Å². The van der Waals surface area contributed by atoms with E-state index in [0.717, 1.165) is 33.7 Å². The van der Waals surface area contributed by atoms with Crippen LogP contribution in [0.25, 0.3) is 5.65 Å². The average Bonchev–Trinajstić information content (AvgIpc) is 3.19. The summed E-state index contributed by atoms with van der Waals surface area (Å²) in [6, 6.07) is 6.82. The van der Waals surface area contributed by atoms with Gasteiger partial charge in [0.05, 0.1) is 16.4 Å². The predicted octanol–water partition coefficient (Wildman–Crippen LogP) is 4.64. The van der Waals surface area contributed by atoms with Gasteiger partial charge in [0.1, 0.15) is 5.82 Å². The van der Waals surface area contributed by atoms with E-state index in [0.29, 0.717) is 18.5 Å². The molecule has 4 heterocycles. The first-order valence-electron chi connectivity index (χ1n) is 10.8. The minimum Gasteiger partial charge on any atom is -0.366 e. The number of halogens is 1. The molecule has 2 fully saturated rings. The summed E-state index contributed by atoms with van der Waals surface area (Å²) < 4.78 is 2.81. The van der Waals surface area contributed by atoms with E-state index in [-0.39, 0.29) is 0 Å². The number of rotatable bonds is 5. The molecule has 5 rings (SSSR count). The highest BCUT2D eigenvalue weighted by molar-refractivity contribution is 9.10. The second kappa shape index (κ2) is 9.02. The summed E-state index contributed by atoms with van der Waals surface area (Å²) in [5.74, 6) is 1.42. The van der Waals surface area contributed by atoms with Gasteiger partial charge in [-0.2, -0.15) is 9.61 Å². The Kier molecular flexibility index (Phi) is 6.00. The molecule has 1 saturated carbocycles. The van der Waals surface area contributed by atoms with Crippen LogP contribution >= 0.6 is 15.9 Å². The Hall–Kier alpha value is -1.99. The second-order valence-electron chi connectivity index (χ2n) is 8.25. The highest BCUT2D eigenvalue weighted by Gasteiger charge is 2.29. The number of piperidine rings is 1. The van der Waals surface area contributed by atoms with Crippen LogP contribution < -0.4 is 5.32 Å². The SMILES string of the molecule is Brc1cnn2c(NCc3cccnc3)cc(C3CCCN(C4[CH]CC[CH]C4)C3)nc12. The fraction of sp³-hybridized carbons (Fsp3) is 0.435. The van der Waals surface area contributed by atoms with Crippen LogP contribution in [-0.2, 0) is 6.54 Å². The molecule has 3 aromatic rings. The van der Waals surface area contributed by atoms with Gasteiger partial charge in [0.2, 0.25) is 0 Å². The van der Waals surface area contributed by atoms with Crippen molar-refractivity contribution in [3.8, 4) is 0 Å². The van der Waals surface area contributed by atoms with Crippen molar-refractivity contribution in [3.63, 3.8) is 0 Å². The van der Waals surface area contributed by atoms with Crippen LogP contribution in [0.1, 0.15) is 49.3 Å².